The lowest BCUT2D eigenvalue weighted by Crippen LogP contribution is -2.36. The molecule has 6 nitrogen and oxygen atoms in total. The van der Waals surface area contributed by atoms with Gasteiger partial charge in [-0.15, -0.1) is 0 Å². The minimum atomic E-state index is -2.63. The van der Waals surface area contributed by atoms with Crippen LogP contribution in [0.5, 0.6) is 0 Å². The minimum absolute atomic E-state index is 0.0146. The van der Waals surface area contributed by atoms with E-state index in [4.69, 9.17) is 4.74 Å². The van der Waals surface area contributed by atoms with Gasteiger partial charge in [-0.25, -0.2) is 9.97 Å². The number of hydrogen-bond acceptors (Lipinski definition) is 6. The fourth-order valence-electron chi connectivity index (χ4n) is 2.52. The van der Waals surface area contributed by atoms with Crippen LogP contribution in [0.3, 0.4) is 0 Å². The molecule has 3 rings (SSSR count). The fraction of sp³-hybridized carbons (Fsp3) is 0.353. The number of carbonyl (C=O) groups is 1. The van der Waals surface area contributed by atoms with Crippen molar-refractivity contribution in [3.63, 3.8) is 0 Å². The second-order valence-corrected chi connectivity index (χ2v) is 6.52. The molecule has 1 saturated heterocycles. The van der Waals surface area contributed by atoms with Gasteiger partial charge in [0.2, 0.25) is 0 Å². The molecule has 1 N–H and O–H groups in total. The number of pyridine rings is 2. The third-order valence-electron chi connectivity index (χ3n) is 3.81. The largest absolute Gasteiger partial charge is 0.378 e. The number of carbonyl (C=O) groups excluding carboxylic acids is 1. The number of alkyl halides is 2. The summed E-state index contributed by atoms with van der Waals surface area (Å²) in [4.78, 5) is 22.7. The van der Waals surface area contributed by atoms with Crippen molar-refractivity contribution < 1.29 is 18.3 Å². The van der Waals surface area contributed by atoms with Gasteiger partial charge in [-0.05, 0) is 35.5 Å². The number of morpholine rings is 1. The van der Waals surface area contributed by atoms with Gasteiger partial charge in [-0.1, -0.05) is 6.07 Å². The highest BCUT2D eigenvalue weighted by Crippen LogP contribution is 2.26. The Kier molecular flexibility index (Phi) is 6.35. The molecule has 1 amide bonds. The molecule has 3 heterocycles. The van der Waals surface area contributed by atoms with Crippen molar-refractivity contribution in [2.24, 2.45) is 0 Å². The van der Waals surface area contributed by atoms with E-state index < -0.39 is 11.7 Å². The molecule has 9 heteroatoms. The Morgan fingerprint density at radius 1 is 1.27 bits per heavy atom. The molecule has 0 aromatic carbocycles. The summed E-state index contributed by atoms with van der Waals surface area (Å²) in [6, 6.07) is 6.81. The number of hydrogen-bond donors (Lipinski definition) is 1. The van der Waals surface area contributed by atoms with Gasteiger partial charge in [0, 0.05) is 32.0 Å². The molecule has 1 aliphatic heterocycles. The van der Waals surface area contributed by atoms with Crippen molar-refractivity contribution in [1.82, 2.24) is 15.3 Å². The number of anilines is 1. The standard InChI is InChI=1S/C17H18F2N4O2S/c18-17(19)26-16-13(2-1-5-20-16)15(24)22-11-12-3-4-14(21-10-12)23-6-8-25-9-7-23/h1-5,10,17H,6-9,11H2,(H,22,24). The second kappa shape index (κ2) is 8.91. The lowest BCUT2D eigenvalue weighted by molar-refractivity contribution is 0.0947. The molecule has 0 aliphatic carbocycles. The maximum Gasteiger partial charge on any atom is 0.290 e. The predicted octanol–water partition coefficient (Wildman–Crippen LogP) is 2.56. The highest BCUT2D eigenvalue weighted by molar-refractivity contribution is 7.99. The summed E-state index contributed by atoms with van der Waals surface area (Å²) in [5, 5.41) is 2.73. The van der Waals surface area contributed by atoms with E-state index in [0.29, 0.717) is 13.2 Å². The zero-order valence-corrected chi connectivity index (χ0v) is 14.7. The third-order valence-corrected chi connectivity index (χ3v) is 4.54. The Morgan fingerprint density at radius 2 is 2.08 bits per heavy atom. The summed E-state index contributed by atoms with van der Waals surface area (Å²) >= 11 is 0.259. The van der Waals surface area contributed by atoms with Gasteiger partial charge in [0.1, 0.15) is 10.8 Å². The molecule has 1 aliphatic rings. The Labute approximate surface area is 154 Å². The number of ether oxygens (including phenoxy) is 1. The summed E-state index contributed by atoms with van der Waals surface area (Å²) in [5.41, 5.74) is 0.956. The van der Waals surface area contributed by atoms with Crippen LogP contribution in [0, 0.1) is 0 Å². The summed E-state index contributed by atoms with van der Waals surface area (Å²) in [6.07, 6.45) is 3.08. The molecule has 0 radical (unpaired) electrons. The third kappa shape index (κ3) is 4.89. The van der Waals surface area contributed by atoms with E-state index in [2.05, 4.69) is 20.2 Å². The van der Waals surface area contributed by atoms with Gasteiger partial charge in [-0.2, -0.15) is 8.78 Å². The normalized spacial score (nSPS) is 14.5. The van der Waals surface area contributed by atoms with Gasteiger partial charge < -0.3 is 15.0 Å². The van der Waals surface area contributed by atoms with E-state index in [9.17, 15) is 13.6 Å². The van der Waals surface area contributed by atoms with E-state index in [1.54, 1.807) is 12.3 Å². The molecule has 2 aromatic heterocycles. The van der Waals surface area contributed by atoms with Crippen molar-refractivity contribution in [2.45, 2.75) is 17.3 Å². The van der Waals surface area contributed by atoms with Crippen LogP contribution < -0.4 is 10.2 Å². The van der Waals surface area contributed by atoms with Gasteiger partial charge >= 0.3 is 0 Å². The fourth-order valence-corrected chi connectivity index (χ4v) is 3.10. The van der Waals surface area contributed by atoms with E-state index in [0.717, 1.165) is 24.5 Å². The lowest BCUT2D eigenvalue weighted by atomic mass is 10.2. The van der Waals surface area contributed by atoms with Crippen molar-refractivity contribution in [1.29, 1.82) is 0 Å². The number of halogens is 2. The van der Waals surface area contributed by atoms with Gasteiger partial charge in [0.05, 0.1) is 18.8 Å². The molecule has 0 saturated carbocycles. The first-order valence-corrected chi connectivity index (χ1v) is 8.97. The number of thioether (sulfide) groups is 1. The monoisotopic (exact) mass is 380 g/mol. The molecular formula is C17H18F2N4O2S. The Balaban J connectivity index is 1.59. The van der Waals surface area contributed by atoms with Crippen LogP contribution in [0.4, 0.5) is 14.6 Å². The molecule has 1 fully saturated rings. The minimum Gasteiger partial charge on any atom is -0.378 e. The first-order chi connectivity index (χ1) is 12.6. The molecule has 138 valence electrons. The first-order valence-electron chi connectivity index (χ1n) is 8.09. The topological polar surface area (TPSA) is 67.4 Å². The number of aromatic nitrogens is 2. The van der Waals surface area contributed by atoms with Crippen LogP contribution >= 0.6 is 11.8 Å². The van der Waals surface area contributed by atoms with Gasteiger partial charge in [0.15, 0.2) is 0 Å². The highest BCUT2D eigenvalue weighted by atomic mass is 32.2. The zero-order chi connectivity index (χ0) is 18.4. The molecule has 26 heavy (non-hydrogen) atoms. The molecule has 0 spiro atoms. The van der Waals surface area contributed by atoms with Crippen molar-refractivity contribution in [3.05, 3.63) is 47.8 Å². The van der Waals surface area contributed by atoms with Crippen LogP contribution in [-0.4, -0.2) is 47.9 Å². The van der Waals surface area contributed by atoms with Gasteiger partial charge in [-0.3, -0.25) is 4.79 Å². The average molecular weight is 380 g/mol. The smallest absolute Gasteiger partial charge is 0.290 e. The maximum atomic E-state index is 12.6. The van der Waals surface area contributed by atoms with Crippen molar-refractivity contribution in [2.75, 3.05) is 31.2 Å². The highest BCUT2D eigenvalue weighted by Gasteiger charge is 2.17. The average Bonchev–Trinajstić information content (AvgIpc) is 2.67. The SMILES string of the molecule is O=C(NCc1ccc(N2CCOCC2)nc1)c1cccnc1SC(F)F. The molecule has 2 aromatic rings. The molecule has 0 atom stereocenters. The van der Waals surface area contributed by atoms with Crippen LogP contribution in [-0.2, 0) is 11.3 Å². The summed E-state index contributed by atoms with van der Waals surface area (Å²) in [7, 11) is 0. The Hall–Kier alpha value is -2.26. The Morgan fingerprint density at radius 3 is 2.77 bits per heavy atom. The van der Waals surface area contributed by atoms with Crippen LogP contribution in [0.1, 0.15) is 15.9 Å². The maximum absolute atomic E-state index is 12.6. The quantitative estimate of drug-likeness (QED) is 0.777. The van der Waals surface area contributed by atoms with E-state index in [1.807, 2.05) is 12.1 Å². The van der Waals surface area contributed by atoms with E-state index in [1.165, 1.54) is 12.3 Å². The molecule has 0 unspecified atom stereocenters. The van der Waals surface area contributed by atoms with Crippen molar-refractivity contribution in [3.8, 4) is 0 Å². The first kappa shape index (κ1) is 18.5. The van der Waals surface area contributed by atoms with E-state index in [-0.39, 0.29) is 28.9 Å². The van der Waals surface area contributed by atoms with E-state index >= 15 is 0 Å². The number of rotatable bonds is 6. The van der Waals surface area contributed by atoms with Crippen LogP contribution in [0.25, 0.3) is 0 Å². The van der Waals surface area contributed by atoms with Crippen molar-refractivity contribution >= 4 is 23.5 Å². The Bertz CT molecular complexity index is 740. The number of amides is 1. The molecule has 0 bridgehead atoms. The zero-order valence-electron chi connectivity index (χ0n) is 13.9. The number of nitrogens with one attached hydrogen (secondary N) is 1. The summed E-state index contributed by atoms with van der Waals surface area (Å²) in [5.74, 6) is -2.21. The predicted molar refractivity (Wildman–Crippen MR) is 94.5 cm³/mol. The van der Waals surface area contributed by atoms with Crippen LogP contribution in [0.2, 0.25) is 0 Å². The van der Waals surface area contributed by atoms with Gasteiger partial charge in [0.25, 0.3) is 11.7 Å². The lowest BCUT2D eigenvalue weighted by Gasteiger charge is -2.27. The second-order valence-electron chi connectivity index (χ2n) is 5.54. The molecular weight excluding hydrogens is 362 g/mol. The number of nitrogens with zero attached hydrogens (tertiary/aromatic N) is 3. The summed E-state index contributed by atoms with van der Waals surface area (Å²) in [6.45, 7) is 3.22. The van der Waals surface area contributed by atoms with Crippen LogP contribution in [0.15, 0.2) is 41.7 Å². The summed E-state index contributed by atoms with van der Waals surface area (Å²) < 4.78 is 30.5.